The van der Waals surface area contributed by atoms with Crippen LogP contribution in [0.1, 0.15) is 16.7 Å². The molecule has 3 nitrogen and oxygen atoms in total. The van der Waals surface area contributed by atoms with Crippen LogP contribution in [-0.2, 0) is 19.7 Å². The molecule has 0 atom stereocenters. The van der Waals surface area contributed by atoms with Gasteiger partial charge in [0, 0.05) is 30.8 Å². The van der Waals surface area contributed by atoms with Gasteiger partial charge < -0.3 is 15.2 Å². The Balaban J connectivity index is 2.00. The van der Waals surface area contributed by atoms with Crippen LogP contribution >= 0.6 is 0 Å². The van der Waals surface area contributed by atoms with E-state index in [1.165, 1.54) is 7.11 Å². The van der Waals surface area contributed by atoms with Crippen LogP contribution < -0.4 is 10.1 Å². The Bertz CT molecular complexity index is 594. The molecule has 0 saturated heterocycles. The fraction of sp³-hybridized carbons (Fsp3) is 0.250. The molecule has 0 aliphatic rings. The van der Waals surface area contributed by atoms with Crippen LogP contribution in [-0.4, -0.2) is 12.2 Å². The van der Waals surface area contributed by atoms with Crippen molar-refractivity contribution in [2.24, 2.45) is 0 Å². The number of methoxy groups -OCH3 is 1. The minimum Gasteiger partial charge on any atom is -0.497 e. The summed E-state index contributed by atoms with van der Waals surface area (Å²) >= 11 is 0. The zero-order chi connectivity index (χ0) is 15.2. The predicted octanol–water partition coefficient (Wildman–Crippen LogP) is 2.76. The number of halogens is 2. The zero-order valence-electron chi connectivity index (χ0n) is 11.7. The van der Waals surface area contributed by atoms with E-state index in [1.54, 1.807) is 0 Å². The third-order valence-electron chi connectivity index (χ3n) is 3.16. The molecule has 0 aliphatic carbocycles. The lowest BCUT2D eigenvalue weighted by Gasteiger charge is -2.09. The second-order valence-electron chi connectivity index (χ2n) is 4.65. The SMILES string of the molecule is COc1cc(F)c(CNCc2cccc(CO)c2)c(F)c1. The lowest BCUT2D eigenvalue weighted by atomic mass is 10.1. The molecule has 5 heteroatoms. The molecule has 0 heterocycles. The van der Waals surface area contributed by atoms with E-state index in [-0.39, 0.29) is 24.5 Å². The standard InChI is InChI=1S/C16H17F2NO2/c1-21-13-6-15(17)14(16(18)7-13)9-19-8-11-3-2-4-12(5-11)10-20/h2-7,19-20H,8-10H2,1H3. The van der Waals surface area contributed by atoms with E-state index in [0.717, 1.165) is 23.3 Å². The molecule has 2 N–H and O–H groups in total. The number of hydrogen-bond donors (Lipinski definition) is 2. The molecule has 0 saturated carbocycles. The first-order valence-corrected chi connectivity index (χ1v) is 6.55. The van der Waals surface area contributed by atoms with Crippen molar-refractivity contribution in [3.05, 3.63) is 64.7 Å². The fourth-order valence-electron chi connectivity index (χ4n) is 2.04. The van der Waals surface area contributed by atoms with E-state index in [2.05, 4.69) is 5.32 Å². The highest BCUT2D eigenvalue weighted by Gasteiger charge is 2.11. The molecule has 0 unspecified atom stereocenters. The van der Waals surface area contributed by atoms with Crippen LogP contribution in [0.5, 0.6) is 5.75 Å². The normalized spacial score (nSPS) is 10.7. The van der Waals surface area contributed by atoms with Gasteiger partial charge in [-0.15, -0.1) is 0 Å². The fourth-order valence-corrected chi connectivity index (χ4v) is 2.04. The largest absolute Gasteiger partial charge is 0.497 e. The number of nitrogens with one attached hydrogen (secondary N) is 1. The topological polar surface area (TPSA) is 41.5 Å². The number of benzene rings is 2. The first-order valence-electron chi connectivity index (χ1n) is 6.55. The number of rotatable bonds is 6. The minimum atomic E-state index is -0.636. The van der Waals surface area contributed by atoms with Crippen LogP contribution in [0.3, 0.4) is 0 Å². The summed E-state index contributed by atoms with van der Waals surface area (Å²) in [4.78, 5) is 0. The Labute approximate surface area is 122 Å². The van der Waals surface area contributed by atoms with Crippen molar-refractivity contribution in [1.82, 2.24) is 5.32 Å². The summed E-state index contributed by atoms with van der Waals surface area (Å²) < 4.78 is 32.3. The Morgan fingerprint density at radius 1 is 1.05 bits per heavy atom. The molecule has 21 heavy (non-hydrogen) atoms. The first kappa shape index (κ1) is 15.4. The van der Waals surface area contributed by atoms with Gasteiger partial charge in [-0.2, -0.15) is 0 Å². The van der Waals surface area contributed by atoms with E-state index >= 15 is 0 Å². The van der Waals surface area contributed by atoms with Gasteiger partial charge in [0.25, 0.3) is 0 Å². The van der Waals surface area contributed by atoms with Crippen LogP contribution in [0, 0.1) is 11.6 Å². The summed E-state index contributed by atoms with van der Waals surface area (Å²) in [5.74, 6) is -1.11. The van der Waals surface area contributed by atoms with Crippen LogP contribution in [0.15, 0.2) is 36.4 Å². The number of aliphatic hydroxyl groups excluding tert-OH is 1. The molecule has 0 bridgehead atoms. The van der Waals surface area contributed by atoms with Crippen molar-refractivity contribution >= 4 is 0 Å². The molecule has 112 valence electrons. The van der Waals surface area contributed by atoms with E-state index in [4.69, 9.17) is 9.84 Å². The highest BCUT2D eigenvalue weighted by atomic mass is 19.1. The average Bonchev–Trinajstić information content (AvgIpc) is 2.50. The molecule has 0 aromatic heterocycles. The molecular weight excluding hydrogens is 276 g/mol. The Morgan fingerprint density at radius 3 is 2.33 bits per heavy atom. The molecule has 2 aromatic carbocycles. The number of hydrogen-bond acceptors (Lipinski definition) is 3. The smallest absolute Gasteiger partial charge is 0.134 e. The molecular formula is C16H17F2NO2. The maximum atomic E-state index is 13.7. The lowest BCUT2D eigenvalue weighted by Crippen LogP contribution is -2.15. The van der Waals surface area contributed by atoms with Gasteiger partial charge in [-0.05, 0) is 11.1 Å². The maximum Gasteiger partial charge on any atom is 0.134 e. The van der Waals surface area contributed by atoms with Crippen molar-refractivity contribution in [2.45, 2.75) is 19.7 Å². The summed E-state index contributed by atoms with van der Waals surface area (Å²) in [5.41, 5.74) is 1.72. The molecule has 0 amide bonds. The summed E-state index contributed by atoms with van der Waals surface area (Å²) in [5, 5.41) is 12.0. The highest BCUT2D eigenvalue weighted by Crippen LogP contribution is 2.20. The quantitative estimate of drug-likeness (QED) is 0.860. The Kier molecular flexibility index (Phi) is 5.25. The van der Waals surface area contributed by atoms with Crippen molar-refractivity contribution < 1.29 is 18.6 Å². The van der Waals surface area contributed by atoms with Crippen molar-refractivity contribution in [1.29, 1.82) is 0 Å². The van der Waals surface area contributed by atoms with Crippen molar-refractivity contribution in [2.75, 3.05) is 7.11 Å². The summed E-state index contributed by atoms with van der Waals surface area (Å²) in [6.45, 7) is 0.499. The van der Waals surface area contributed by atoms with Gasteiger partial charge in [-0.25, -0.2) is 8.78 Å². The van der Waals surface area contributed by atoms with Gasteiger partial charge in [-0.1, -0.05) is 24.3 Å². The van der Waals surface area contributed by atoms with Gasteiger partial charge in [-0.3, -0.25) is 0 Å². The molecule has 0 aliphatic heterocycles. The minimum absolute atomic E-state index is 0.0193. The summed E-state index contributed by atoms with van der Waals surface area (Å²) in [7, 11) is 1.36. The van der Waals surface area contributed by atoms with Crippen LogP contribution in [0.25, 0.3) is 0 Å². The lowest BCUT2D eigenvalue weighted by molar-refractivity contribution is 0.281. The van der Waals surface area contributed by atoms with E-state index in [0.29, 0.717) is 6.54 Å². The Hall–Kier alpha value is -1.98. The number of ether oxygens (including phenoxy) is 1. The Morgan fingerprint density at radius 2 is 1.71 bits per heavy atom. The highest BCUT2D eigenvalue weighted by molar-refractivity contribution is 5.30. The van der Waals surface area contributed by atoms with Crippen LogP contribution in [0.4, 0.5) is 8.78 Å². The molecule has 0 spiro atoms. The second-order valence-corrected chi connectivity index (χ2v) is 4.65. The van der Waals surface area contributed by atoms with Gasteiger partial charge in [0.15, 0.2) is 0 Å². The third kappa shape index (κ3) is 4.00. The van der Waals surface area contributed by atoms with E-state index < -0.39 is 11.6 Å². The van der Waals surface area contributed by atoms with Gasteiger partial charge in [0.1, 0.15) is 17.4 Å². The van der Waals surface area contributed by atoms with Crippen LogP contribution in [0.2, 0.25) is 0 Å². The maximum absolute atomic E-state index is 13.7. The number of aliphatic hydroxyl groups is 1. The molecule has 0 fully saturated rings. The van der Waals surface area contributed by atoms with Crippen molar-refractivity contribution in [3.63, 3.8) is 0 Å². The molecule has 0 radical (unpaired) electrons. The van der Waals surface area contributed by atoms with Gasteiger partial charge in [0.2, 0.25) is 0 Å². The van der Waals surface area contributed by atoms with Crippen molar-refractivity contribution in [3.8, 4) is 5.75 Å². The van der Waals surface area contributed by atoms with E-state index in [9.17, 15) is 8.78 Å². The van der Waals surface area contributed by atoms with Gasteiger partial charge >= 0.3 is 0 Å². The van der Waals surface area contributed by atoms with E-state index in [1.807, 2.05) is 24.3 Å². The monoisotopic (exact) mass is 293 g/mol. The predicted molar refractivity (Wildman–Crippen MR) is 75.8 cm³/mol. The first-order chi connectivity index (χ1) is 10.1. The van der Waals surface area contributed by atoms with Gasteiger partial charge in [0.05, 0.1) is 13.7 Å². The average molecular weight is 293 g/mol. The summed E-state index contributed by atoms with van der Waals surface area (Å²) in [6.07, 6.45) is 0. The molecule has 2 aromatic rings. The third-order valence-corrected chi connectivity index (χ3v) is 3.16. The molecule has 2 rings (SSSR count). The zero-order valence-corrected chi connectivity index (χ0v) is 11.7. The summed E-state index contributed by atoms with van der Waals surface area (Å²) in [6, 6.07) is 9.68. The second kappa shape index (κ2) is 7.15.